The molecule has 1 aromatic heterocycles. The number of anilines is 2. The minimum Gasteiger partial charge on any atom is -0.497 e. The highest BCUT2D eigenvalue weighted by molar-refractivity contribution is 7.91. The number of carbonyl (C=O) groups excluding carboxylic acids is 1. The molecule has 146 valence electrons. The van der Waals surface area contributed by atoms with Crippen molar-refractivity contribution in [3.8, 4) is 5.75 Å². The number of nitrogens with one attached hydrogen (secondary N) is 1. The van der Waals surface area contributed by atoms with Crippen molar-refractivity contribution in [2.75, 3.05) is 43.5 Å². The molecule has 2 heterocycles. The molecule has 2 aromatic rings. The number of benzene rings is 1. The van der Waals surface area contributed by atoms with Gasteiger partial charge in [-0.1, -0.05) is 18.3 Å². The highest BCUT2D eigenvalue weighted by atomic mass is 32.2. The molecule has 1 aromatic carbocycles. The third-order valence-corrected chi connectivity index (χ3v) is 7.29. The monoisotopic (exact) mass is 411 g/mol. The van der Waals surface area contributed by atoms with Crippen molar-refractivity contribution in [1.29, 1.82) is 0 Å². The van der Waals surface area contributed by atoms with Crippen molar-refractivity contribution in [1.82, 2.24) is 14.5 Å². The zero-order chi connectivity index (χ0) is 19.4. The van der Waals surface area contributed by atoms with Gasteiger partial charge in [-0.05, 0) is 24.3 Å². The molecule has 3 rings (SSSR count). The van der Waals surface area contributed by atoms with Crippen LogP contribution in [0.5, 0.6) is 5.75 Å². The number of nitrogens with zero attached hydrogens (tertiary/aromatic N) is 4. The van der Waals surface area contributed by atoms with Crippen LogP contribution < -0.4 is 15.0 Å². The van der Waals surface area contributed by atoms with E-state index in [4.69, 9.17) is 4.74 Å². The SMILES string of the molecule is CCC(=O)Nc1nnc(S(=O)(=O)N2CCN(c3ccc(OC)cc3)CC2)s1. The smallest absolute Gasteiger partial charge is 0.272 e. The van der Waals surface area contributed by atoms with Gasteiger partial charge in [0.1, 0.15) is 5.75 Å². The van der Waals surface area contributed by atoms with Crippen LogP contribution in [0.4, 0.5) is 10.8 Å². The quantitative estimate of drug-likeness (QED) is 0.717. The van der Waals surface area contributed by atoms with E-state index in [9.17, 15) is 13.2 Å². The fraction of sp³-hybridized carbons (Fsp3) is 0.438. The lowest BCUT2D eigenvalue weighted by atomic mass is 10.2. The second kappa shape index (κ2) is 8.19. The van der Waals surface area contributed by atoms with E-state index < -0.39 is 10.0 Å². The molecule has 0 bridgehead atoms. The van der Waals surface area contributed by atoms with Crippen molar-refractivity contribution >= 4 is 38.1 Å². The van der Waals surface area contributed by atoms with Gasteiger partial charge in [0, 0.05) is 38.3 Å². The Hall–Kier alpha value is -2.24. The Morgan fingerprint density at radius 1 is 1.19 bits per heavy atom. The van der Waals surface area contributed by atoms with E-state index in [1.54, 1.807) is 14.0 Å². The zero-order valence-corrected chi connectivity index (χ0v) is 16.7. The molecule has 0 radical (unpaired) electrons. The van der Waals surface area contributed by atoms with E-state index in [0.717, 1.165) is 22.8 Å². The first-order valence-corrected chi connectivity index (χ1v) is 10.7. The van der Waals surface area contributed by atoms with Gasteiger partial charge in [0.05, 0.1) is 7.11 Å². The lowest BCUT2D eigenvalue weighted by molar-refractivity contribution is -0.115. The molecule has 27 heavy (non-hydrogen) atoms. The summed E-state index contributed by atoms with van der Waals surface area (Å²) in [5.41, 5.74) is 1.02. The Balaban J connectivity index is 1.64. The summed E-state index contributed by atoms with van der Waals surface area (Å²) in [6.45, 7) is 3.55. The fourth-order valence-corrected chi connectivity index (χ4v) is 5.14. The van der Waals surface area contributed by atoms with Crippen LogP contribution in [-0.4, -0.2) is 62.1 Å². The van der Waals surface area contributed by atoms with E-state index >= 15 is 0 Å². The lowest BCUT2D eigenvalue weighted by Gasteiger charge is -2.34. The summed E-state index contributed by atoms with van der Waals surface area (Å²) in [5, 5.41) is 10.2. The largest absolute Gasteiger partial charge is 0.497 e. The van der Waals surface area contributed by atoms with Gasteiger partial charge in [-0.3, -0.25) is 4.79 Å². The molecule has 9 nitrogen and oxygen atoms in total. The maximum Gasteiger partial charge on any atom is 0.272 e. The number of hydrogen-bond donors (Lipinski definition) is 1. The van der Waals surface area contributed by atoms with Gasteiger partial charge in [0.15, 0.2) is 0 Å². The van der Waals surface area contributed by atoms with Crippen LogP contribution in [0.15, 0.2) is 28.6 Å². The van der Waals surface area contributed by atoms with Crippen molar-refractivity contribution < 1.29 is 17.9 Å². The molecular weight excluding hydrogens is 390 g/mol. The van der Waals surface area contributed by atoms with Crippen molar-refractivity contribution in [2.24, 2.45) is 0 Å². The predicted molar refractivity (Wildman–Crippen MR) is 103 cm³/mol. The Bertz CT molecular complexity index is 890. The lowest BCUT2D eigenvalue weighted by Crippen LogP contribution is -2.48. The van der Waals surface area contributed by atoms with Gasteiger partial charge >= 0.3 is 0 Å². The number of sulfonamides is 1. The number of methoxy groups -OCH3 is 1. The highest BCUT2D eigenvalue weighted by Crippen LogP contribution is 2.26. The van der Waals surface area contributed by atoms with Crippen LogP contribution in [0.3, 0.4) is 0 Å². The molecule has 1 aliphatic rings. The fourth-order valence-electron chi connectivity index (χ4n) is 2.66. The van der Waals surface area contributed by atoms with Crippen molar-refractivity contribution in [2.45, 2.75) is 17.7 Å². The van der Waals surface area contributed by atoms with Gasteiger partial charge in [-0.15, -0.1) is 10.2 Å². The second-order valence-electron chi connectivity index (χ2n) is 5.86. The third-order valence-electron chi connectivity index (χ3n) is 4.21. The molecule has 0 atom stereocenters. The second-order valence-corrected chi connectivity index (χ2v) is 8.95. The Morgan fingerprint density at radius 2 is 1.85 bits per heavy atom. The Labute approximate surface area is 162 Å². The van der Waals surface area contributed by atoms with Crippen LogP contribution in [0.1, 0.15) is 13.3 Å². The van der Waals surface area contributed by atoms with E-state index in [-0.39, 0.29) is 21.8 Å². The number of hydrogen-bond acceptors (Lipinski definition) is 8. The Kier molecular flexibility index (Phi) is 5.92. The number of carbonyl (C=O) groups is 1. The van der Waals surface area contributed by atoms with Crippen molar-refractivity contribution in [3.05, 3.63) is 24.3 Å². The molecule has 1 fully saturated rings. The summed E-state index contributed by atoms with van der Waals surface area (Å²) >= 11 is 0.867. The highest BCUT2D eigenvalue weighted by Gasteiger charge is 2.31. The molecule has 0 aliphatic carbocycles. The minimum absolute atomic E-state index is 0.105. The van der Waals surface area contributed by atoms with E-state index in [2.05, 4.69) is 20.4 Å². The van der Waals surface area contributed by atoms with Gasteiger partial charge in [-0.25, -0.2) is 8.42 Å². The summed E-state index contributed by atoms with van der Waals surface area (Å²) in [6, 6.07) is 7.67. The van der Waals surface area contributed by atoms with E-state index in [1.807, 2.05) is 24.3 Å². The van der Waals surface area contributed by atoms with Gasteiger partial charge in [0.2, 0.25) is 15.4 Å². The molecule has 1 N–H and O–H groups in total. The number of piperazine rings is 1. The summed E-state index contributed by atoms with van der Waals surface area (Å²) in [6.07, 6.45) is 0.287. The molecule has 0 saturated carbocycles. The van der Waals surface area contributed by atoms with E-state index in [0.29, 0.717) is 26.2 Å². The molecular formula is C16H21N5O4S2. The first-order valence-electron chi connectivity index (χ1n) is 8.46. The molecule has 0 unspecified atom stereocenters. The molecule has 1 saturated heterocycles. The van der Waals surface area contributed by atoms with Crippen LogP contribution in [0.2, 0.25) is 0 Å². The first-order chi connectivity index (χ1) is 12.9. The standard InChI is InChI=1S/C16H21N5O4S2/c1-3-14(22)17-15-18-19-16(26-15)27(23,24)21-10-8-20(9-11-21)12-4-6-13(25-2)7-5-12/h4-7H,3,8-11H2,1-2H3,(H,17,18,22). The first kappa shape index (κ1) is 19.5. The van der Waals surface area contributed by atoms with Gasteiger partial charge in [0.25, 0.3) is 10.0 Å². The average molecular weight is 412 g/mol. The van der Waals surface area contributed by atoms with Crippen LogP contribution in [0, 0.1) is 0 Å². The molecule has 0 spiro atoms. The van der Waals surface area contributed by atoms with Crippen molar-refractivity contribution in [3.63, 3.8) is 0 Å². The van der Waals surface area contributed by atoms with Crippen LogP contribution in [0.25, 0.3) is 0 Å². The topological polar surface area (TPSA) is 105 Å². The average Bonchev–Trinajstić information content (AvgIpc) is 3.17. The van der Waals surface area contributed by atoms with Crippen LogP contribution in [-0.2, 0) is 14.8 Å². The molecule has 11 heteroatoms. The summed E-state index contributed by atoms with van der Waals surface area (Å²) in [5.74, 6) is 0.547. The predicted octanol–water partition coefficient (Wildman–Crippen LogP) is 1.41. The normalized spacial score (nSPS) is 15.6. The van der Waals surface area contributed by atoms with Crippen LogP contribution >= 0.6 is 11.3 Å². The summed E-state index contributed by atoms with van der Waals surface area (Å²) in [4.78, 5) is 13.5. The minimum atomic E-state index is -3.72. The van der Waals surface area contributed by atoms with Gasteiger partial charge in [-0.2, -0.15) is 4.31 Å². The maximum atomic E-state index is 12.8. The summed E-state index contributed by atoms with van der Waals surface area (Å²) < 4.78 is 32.0. The number of ether oxygens (including phenoxy) is 1. The Morgan fingerprint density at radius 3 is 2.44 bits per heavy atom. The number of amides is 1. The number of aromatic nitrogens is 2. The maximum absolute atomic E-state index is 12.8. The van der Waals surface area contributed by atoms with Gasteiger partial charge < -0.3 is 15.0 Å². The molecule has 1 amide bonds. The zero-order valence-electron chi connectivity index (χ0n) is 15.1. The number of rotatable bonds is 6. The summed E-state index contributed by atoms with van der Waals surface area (Å²) in [7, 11) is -2.10. The van der Waals surface area contributed by atoms with E-state index in [1.165, 1.54) is 4.31 Å². The third kappa shape index (κ3) is 4.37. The molecule has 1 aliphatic heterocycles.